The summed E-state index contributed by atoms with van der Waals surface area (Å²) in [5.74, 6) is 0.714. The van der Waals surface area contributed by atoms with Crippen molar-refractivity contribution in [2.75, 3.05) is 22.9 Å². The van der Waals surface area contributed by atoms with Gasteiger partial charge in [-0.2, -0.15) is 16.3 Å². The van der Waals surface area contributed by atoms with Crippen molar-refractivity contribution in [1.29, 1.82) is 0 Å². The second-order valence-corrected chi connectivity index (χ2v) is 10.5. The predicted octanol–water partition coefficient (Wildman–Crippen LogP) is 3.89. The number of anilines is 2. The van der Waals surface area contributed by atoms with Crippen LogP contribution in [0.4, 0.5) is 10.8 Å². The molecule has 0 aliphatic carbocycles. The molecule has 0 saturated heterocycles. The third-order valence-electron chi connectivity index (χ3n) is 4.59. The lowest BCUT2D eigenvalue weighted by Gasteiger charge is -2.16. The van der Waals surface area contributed by atoms with Gasteiger partial charge in [-0.25, -0.2) is 13.4 Å². The van der Waals surface area contributed by atoms with E-state index in [2.05, 4.69) is 20.4 Å². The maximum atomic E-state index is 12.3. The Balaban J connectivity index is 1.33. The number of thiophene rings is 1. The van der Waals surface area contributed by atoms with E-state index in [9.17, 15) is 13.2 Å². The number of rotatable bonds is 8. The van der Waals surface area contributed by atoms with Crippen molar-refractivity contribution in [2.45, 2.75) is 12.8 Å². The Bertz CT molecular complexity index is 1310. The number of benzene rings is 1. The van der Waals surface area contributed by atoms with Gasteiger partial charge in [0.15, 0.2) is 5.13 Å². The lowest BCUT2D eigenvalue weighted by molar-refractivity contribution is -0.116. The van der Waals surface area contributed by atoms with E-state index >= 15 is 0 Å². The number of sulfonamides is 1. The van der Waals surface area contributed by atoms with E-state index in [0.29, 0.717) is 34.6 Å². The normalized spacial score (nSPS) is 11.4. The Morgan fingerprint density at radius 3 is 2.59 bits per heavy atom. The lowest BCUT2D eigenvalue weighted by Crippen LogP contribution is -2.24. The van der Waals surface area contributed by atoms with Crippen LogP contribution in [0.2, 0.25) is 0 Å². The molecule has 0 saturated carbocycles. The largest absolute Gasteiger partial charge is 0.339 e. The van der Waals surface area contributed by atoms with Gasteiger partial charge in [-0.1, -0.05) is 17.3 Å². The average molecular weight is 490 g/mol. The molecule has 1 aromatic carbocycles. The number of aryl methyl sites for hydroxylation is 1. The number of aromatic nitrogens is 3. The van der Waals surface area contributed by atoms with Crippen LogP contribution in [0.1, 0.15) is 12.3 Å². The molecule has 0 fully saturated rings. The van der Waals surface area contributed by atoms with Crippen LogP contribution in [0.15, 0.2) is 51.0 Å². The van der Waals surface area contributed by atoms with E-state index in [1.54, 1.807) is 35.6 Å². The zero-order valence-electron chi connectivity index (χ0n) is 17.2. The van der Waals surface area contributed by atoms with Gasteiger partial charge in [0.1, 0.15) is 0 Å². The van der Waals surface area contributed by atoms with Crippen molar-refractivity contribution in [3.05, 3.63) is 52.4 Å². The molecule has 4 aromatic rings. The minimum atomic E-state index is -3.32. The van der Waals surface area contributed by atoms with E-state index in [0.717, 1.165) is 17.4 Å². The first kappa shape index (κ1) is 22.1. The fourth-order valence-electron chi connectivity index (χ4n) is 2.76. The van der Waals surface area contributed by atoms with Crippen LogP contribution in [-0.2, 0) is 21.2 Å². The van der Waals surface area contributed by atoms with Crippen LogP contribution < -0.4 is 9.62 Å². The summed E-state index contributed by atoms with van der Waals surface area (Å²) < 4.78 is 29.7. The molecule has 12 heteroatoms. The Morgan fingerprint density at radius 2 is 1.91 bits per heavy atom. The molecule has 3 heterocycles. The Hall–Kier alpha value is -3.09. The molecule has 0 atom stereocenters. The summed E-state index contributed by atoms with van der Waals surface area (Å²) >= 11 is 2.86. The van der Waals surface area contributed by atoms with Gasteiger partial charge >= 0.3 is 0 Å². The molecule has 32 heavy (non-hydrogen) atoms. The van der Waals surface area contributed by atoms with Gasteiger partial charge < -0.3 is 9.84 Å². The summed E-state index contributed by atoms with van der Waals surface area (Å²) in [5, 5.41) is 12.9. The van der Waals surface area contributed by atoms with E-state index in [1.807, 2.05) is 22.2 Å². The number of nitrogens with one attached hydrogen (secondary N) is 1. The van der Waals surface area contributed by atoms with Crippen LogP contribution >= 0.6 is 22.7 Å². The maximum absolute atomic E-state index is 12.3. The molecule has 4 rings (SSSR count). The van der Waals surface area contributed by atoms with Crippen LogP contribution in [0.3, 0.4) is 0 Å². The van der Waals surface area contributed by atoms with Gasteiger partial charge in [0.25, 0.3) is 0 Å². The fourth-order valence-corrected chi connectivity index (χ4v) is 4.64. The lowest BCUT2D eigenvalue weighted by atomic mass is 10.1. The highest BCUT2D eigenvalue weighted by molar-refractivity contribution is 7.92. The molecule has 0 unspecified atom stereocenters. The van der Waals surface area contributed by atoms with Crippen LogP contribution in [0.25, 0.3) is 22.6 Å². The van der Waals surface area contributed by atoms with Gasteiger partial charge in [-0.05, 0) is 23.6 Å². The molecule has 9 nitrogen and oxygen atoms in total. The van der Waals surface area contributed by atoms with Gasteiger partial charge in [0, 0.05) is 41.8 Å². The van der Waals surface area contributed by atoms with Crippen LogP contribution in [0.5, 0.6) is 0 Å². The van der Waals surface area contributed by atoms with Gasteiger partial charge in [-0.3, -0.25) is 9.10 Å². The van der Waals surface area contributed by atoms with Gasteiger partial charge in [0.05, 0.1) is 17.6 Å². The highest BCUT2D eigenvalue weighted by atomic mass is 32.2. The molecule has 0 spiro atoms. The second-order valence-electron chi connectivity index (χ2n) is 6.89. The topological polar surface area (TPSA) is 118 Å². The van der Waals surface area contributed by atoms with Gasteiger partial charge in [-0.15, -0.1) is 11.3 Å². The molecule has 166 valence electrons. The van der Waals surface area contributed by atoms with Crippen molar-refractivity contribution < 1.29 is 17.7 Å². The highest BCUT2D eigenvalue weighted by Crippen LogP contribution is 2.27. The minimum absolute atomic E-state index is 0.187. The van der Waals surface area contributed by atoms with Crippen molar-refractivity contribution in [3.63, 3.8) is 0 Å². The number of amides is 1. The molecule has 1 N–H and O–H groups in total. The van der Waals surface area contributed by atoms with Crippen molar-refractivity contribution in [2.24, 2.45) is 0 Å². The first-order chi connectivity index (χ1) is 15.3. The standard InChI is InChI=1S/C20H19N5O4S3/c1-25(32(2,27)28)15-5-3-13(4-6-15)16-12-31-20(21-16)22-17(26)7-8-18-23-19(24-29-18)14-9-10-30-11-14/h3-6,9-12H,7-8H2,1-2H3,(H,21,22,26). The van der Waals surface area contributed by atoms with E-state index in [-0.39, 0.29) is 12.3 Å². The van der Waals surface area contributed by atoms with E-state index < -0.39 is 10.0 Å². The zero-order valence-corrected chi connectivity index (χ0v) is 19.6. The fraction of sp³-hybridized carbons (Fsp3) is 0.200. The van der Waals surface area contributed by atoms with E-state index in [1.165, 1.54) is 22.7 Å². The quantitative estimate of drug-likeness (QED) is 0.399. The first-order valence-corrected chi connectivity index (χ1v) is 13.1. The number of hydrogen-bond acceptors (Lipinski definition) is 9. The molecular weight excluding hydrogens is 470 g/mol. The van der Waals surface area contributed by atoms with Crippen LogP contribution in [-0.4, -0.2) is 42.8 Å². The summed E-state index contributed by atoms with van der Waals surface area (Å²) in [6.07, 6.45) is 1.67. The molecule has 3 aromatic heterocycles. The minimum Gasteiger partial charge on any atom is -0.339 e. The third-order valence-corrected chi connectivity index (χ3v) is 7.23. The first-order valence-electron chi connectivity index (χ1n) is 9.44. The Labute approximate surface area is 192 Å². The Kier molecular flexibility index (Phi) is 6.35. The number of nitrogens with zero attached hydrogens (tertiary/aromatic N) is 4. The summed E-state index contributed by atoms with van der Waals surface area (Å²) in [6, 6.07) is 8.91. The summed E-state index contributed by atoms with van der Waals surface area (Å²) in [6.45, 7) is 0. The number of carbonyl (C=O) groups excluding carboxylic acids is 1. The molecule has 0 aliphatic heterocycles. The molecular formula is C20H19N5O4S3. The maximum Gasteiger partial charge on any atom is 0.231 e. The summed E-state index contributed by atoms with van der Waals surface area (Å²) in [7, 11) is -1.82. The van der Waals surface area contributed by atoms with Crippen molar-refractivity contribution >= 4 is 49.4 Å². The third kappa shape index (κ3) is 5.21. The summed E-state index contributed by atoms with van der Waals surface area (Å²) in [4.78, 5) is 21.0. The van der Waals surface area contributed by atoms with E-state index in [4.69, 9.17) is 4.52 Å². The number of carbonyl (C=O) groups is 1. The van der Waals surface area contributed by atoms with Crippen molar-refractivity contribution in [3.8, 4) is 22.6 Å². The second kappa shape index (κ2) is 9.18. The number of hydrogen-bond donors (Lipinski definition) is 1. The molecule has 0 bridgehead atoms. The molecule has 1 amide bonds. The molecule has 0 radical (unpaired) electrons. The van der Waals surface area contributed by atoms with Gasteiger partial charge in [0.2, 0.25) is 27.6 Å². The monoisotopic (exact) mass is 489 g/mol. The highest BCUT2D eigenvalue weighted by Gasteiger charge is 2.14. The smallest absolute Gasteiger partial charge is 0.231 e. The number of thiazole rings is 1. The van der Waals surface area contributed by atoms with Crippen molar-refractivity contribution in [1.82, 2.24) is 15.1 Å². The SMILES string of the molecule is CN(c1ccc(-c2csc(NC(=O)CCc3nc(-c4ccsc4)no3)n2)cc1)S(C)(=O)=O. The average Bonchev–Trinajstić information content (AvgIpc) is 3.52. The summed E-state index contributed by atoms with van der Waals surface area (Å²) in [5.41, 5.74) is 2.96. The predicted molar refractivity (Wildman–Crippen MR) is 125 cm³/mol. The Morgan fingerprint density at radius 1 is 1.12 bits per heavy atom. The zero-order chi connectivity index (χ0) is 22.7. The van der Waals surface area contributed by atoms with Crippen LogP contribution in [0, 0.1) is 0 Å². The molecule has 0 aliphatic rings.